The molecule has 7 heteroatoms. The Morgan fingerprint density at radius 3 is 2.75 bits per heavy atom. The van der Waals surface area contributed by atoms with Gasteiger partial charge in [0, 0.05) is 25.3 Å². The minimum Gasteiger partial charge on any atom is -0.378 e. The van der Waals surface area contributed by atoms with Gasteiger partial charge in [-0.2, -0.15) is 5.26 Å². The van der Waals surface area contributed by atoms with Crippen molar-refractivity contribution in [1.29, 1.82) is 5.26 Å². The quantitative estimate of drug-likeness (QED) is 0.791. The molecule has 1 unspecified atom stereocenters. The van der Waals surface area contributed by atoms with Gasteiger partial charge in [0.15, 0.2) is 6.10 Å². The fraction of sp³-hybridized carbons (Fsp3) is 0.588. The first-order valence-corrected chi connectivity index (χ1v) is 8.21. The molecule has 0 N–H and O–H groups in total. The van der Waals surface area contributed by atoms with E-state index in [9.17, 15) is 10.1 Å². The van der Waals surface area contributed by atoms with Crippen LogP contribution < -0.4 is 4.90 Å². The van der Waals surface area contributed by atoms with E-state index >= 15 is 0 Å². The van der Waals surface area contributed by atoms with E-state index in [0.29, 0.717) is 57.4 Å². The number of hydrogen-bond acceptors (Lipinski definition) is 6. The third-order valence-electron chi connectivity index (χ3n) is 4.40. The number of ether oxygens (including phenoxy) is 2. The van der Waals surface area contributed by atoms with Gasteiger partial charge in [0.2, 0.25) is 0 Å². The number of nitrogens with zero attached hydrogens (tertiary/aromatic N) is 4. The number of rotatable bonds is 2. The fourth-order valence-electron chi connectivity index (χ4n) is 3.16. The van der Waals surface area contributed by atoms with Crippen molar-refractivity contribution in [1.82, 2.24) is 9.88 Å². The van der Waals surface area contributed by atoms with Gasteiger partial charge in [-0.1, -0.05) is 0 Å². The third kappa shape index (κ3) is 3.35. The molecule has 2 aliphatic heterocycles. The smallest absolute Gasteiger partial charge is 0.253 e. The van der Waals surface area contributed by atoms with Crippen molar-refractivity contribution in [2.45, 2.75) is 20.0 Å². The van der Waals surface area contributed by atoms with Gasteiger partial charge in [-0.15, -0.1) is 0 Å². The van der Waals surface area contributed by atoms with Crippen molar-refractivity contribution < 1.29 is 14.3 Å². The Kier molecular flexibility index (Phi) is 4.97. The highest BCUT2D eigenvalue weighted by Gasteiger charge is 2.32. The maximum Gasteiger partial charge on any atom is 0.253 e. The van der Waals surface area contributed by atoms with Gasteiger partial charge in [-0.25, -0.2) is 4.98 Å². The predicted octanol–water partition coefficient (Wildman–Crippen LogP) is 0.634. The number of aryl methyl sites for hydroxylation is 2. The van der Waals surface area contributed by atoms with E-state index < -0.39 is 6.10 Å². The number of anilines is 1. The SMILES string of the molecule is Cc1cc(C)c(C#N)c(N2CCOC(C(=O)N3CCOCC3)C2)n1. The Labute approximate surface area is 141 Å². The zero-order chi connectivity index (χ0) is 17.1. The molecular formula is C17H22N4O3. The lowest BCUT2D eigenvalue weighted by Gasteiger charge is -2.37. The van der Waals surface area contributed by atoms with Crippen molar-refractivity contribution in [3.63, 3.8) is 0 Å². The van der Waals surface area contributed by atoms with Crippen LogP contribution in [0.25, 0.3) is 0 Å². The minimum absolute atomic E-state index is 0.00844. The van der Waals surface area contributed by atoms with Crippen LogP contribution in [0.1, 0.15) is 16.8 Å². The Morgan fingerprint density at radius 1 is 1.29 bits per heavy atom. The lowest BCUT2D eigenvalue weighted by atomic mass is 10.1. The molecule has 1 amide bonds. The van der Waals surface area contributed by atoms with Gasteiger partial charge in [0.05, 0.1) is 31.9 Å². The number of carbonyl (C=O) groups is 1. The summed E-state index contributed by atoms with van der Waals surface area (Å²) in [5.41, 5.74) is 2.34. The minimum atomic E-state index is -0.522. The summed E-state index contributed by atoms with van der Waals surface area (Å²) in [6, 6.07) is 4.14. The molecule has 0 aliphatic carbocycles. The first-order valence-electron chi connectivity index (χ1n) is 8.21. The predicted molar refractivity (Wildman–Crippen MR) is 87.8 cm³/mol. The number of carbonyl (C=O) groups excluding carboxylic acids is 1. The van der Waals surface area contributed by atoms with Crippen LogP contribution in [0.3, 0.4) is 0 Å². The average Bonchev–Trinajstić information content (AvgIpc) is 2.61. The standard InChI is InChI=1S/C17H22N4O3/c1-12-9-13(2)19-16(14(12)10-18)21-5-8-24-15(11-21)17(22)20-3-6-23-7-4-20/h9,15H,3-8,11H2,1-2H3. The highest BCUT2D eigenvalue weighted by Crippen LogP contribution is 2.24. The van der Waals surface area contributed by atoms with E-state index in [1.807, 2.05) is 24.8 Å². The van der Waals surface area contributed by atoms with Crippen LogP contribution >= 0.6 is 0 Å². The molecule has 24 heavy (non-hydrogen) atoms. The molecule has 3 rings (SSSR count). The highest BCUT2D eigenvalue weighted by atomic mass is 16.5. The van der Waals surface area contributed by atoms with E-state index in [-0.39, 0.29) is 5.91 Å². The molecule has 2 fully saturated rings. The average molecular weight is 330 g/mol. The Hall–Kier alpha value is -2.17. The lowest BCUT2D eigenvalue weighted by molar-refractivity contribution is -0.148. The number of hydrogen-bond donors (Lipinski definition) is 0. The molecule has 1 aromatic heterocycles. The summed E-state index contributed by atoms with van der Waals surface area (Å²) in [6.45, 7) is 7.65. The second-order valence-electron chi connectivity index (χ2n) is 6.13. The van der Waals surface area contributed by atoms with E-state index in [1.54, 1.807) is 4.90 Å². The van der Waals surface area contributed by atoms with Crippen molar-refractivity contribution in [2.24, 2.45) is 0 Å². The number of amides is 1. The maximum absolute atomic E-state index is 12.7. The first-order chi connectivity index (χ1) is 11.6. The molecule has 1 atom stereocenters. The van der Waals surface area contributed by atoms with Crippen molar-refractivity contribution in [3.05, 3.63) is 22.9 Å². The normalized spacial score (nSPS) is 21.5. The third-order valence-corrected chi connectivity index (χ3v) is 4.40. The maximum atomic E-state index is 12.7. The van der Waals surface area contributed by atoms with Gasteiger partial charge in [-0.3, -0.25) is 4.79 Å². The summed E-state index contributed by atoms with van der Waals surface area (Å²) in [7, 11) is 0. The zero-order valence-corrected chi connectivity index (χ0v) is 14.1. The summed E-state index contributed by atoms with van der Waals surface area (Å²) in [5, 5.41) is 9.46. The number of aromatic nitrogens is 1. The molecule has 128 valence electrons. The summed E-state index contributed by atoms with van der Waals surface area (Å²) in [6.07, 6.45) is -0.522. The van der Waals surface area contributed by atoms with Crippen molar-refractivity contribution in [3.8, 4) is 6.07 Å². The van der Waals surface area contributed by atoms with Crippen LogP contribution in [-0.4, -0.2) is 67.9 Å². The van der Waals surface area contributed by atoms with Crippen LogP contribution in [0, 0.1) is 25.2 Å². The number of pyridine rings is 1. The second kappa shape index (κ2) is 7.16. The van der Waals surface area contributed by atoms with E-state index in [4.69, 9.17) is 9.47 Å². The van der Waals surface area contributed by atoms with Crippen LogP contribution in [0.5, 0.6) is 0 Å². The van der Waals surface area contributed by atoms with Crippen molar-refractivity contribution in [2.75, 3.05) is 50.9 Å². The zero-order valence-electron chi connectivity index (χ0n) is 14.1. The molecule has 0 aromatic carbocycles. The van der Waals surface area contributed by atoms with E-state index in [1.165, 1.54) is 0 Å². The molecule has 3 heterocycles. The largest absolute Gasteiger partial charge is 0.378 e. The summed E-state index contributed by atoms with van der Waals surface area (Å²) >= 11 is 0. The Bertz CT molecular complexity index is 665. The molecule has 2 saturated heterocycles. The monoisotopic (exact) mass is 330 g/mol. The summed E-state index contributed by atoms with van der Waals surface area (Å²) < 4.78 is 11.0. The second-order valence-corrected chi connectivity index (χ2v) is 6.13. The van der Waals surface area contributed by atoms with Gasteiger partial charge in [-0.05, 0) is 25.5 Å². The topological polar surface area (TPSA) is 78.7 Å². The first kappa shape index (κ1) is 16.7. The molecule has 0 saturated carbocycles. The van der Waals surface area contributed by atoms with Gasteiger partial charge in [0.1, 0.15) is 11.9 Å². The Morgan fingerprint density at radius 2 is 2.04 bits per heavy atom. The van der Waals surface area contributed by atoms with Gasteiger partial charge < -0.3 is 19.3 Å². The highest BCUT2D eigenvalue weighted by molar-refractivity contribution is 5.82. The molecule has 0 spiro atoms. The van der Waals surface area contributed by atoms with Gasteiger partial charge in [0.25, 0.3) is 5.91 Å². The number of morpholine rings is 2. The Balaban J connectivity index is 1.79. The molecule has 2 aliphatic rings. The van der Waals surface area contributed by atoms with Crippen LogP contribution in [0.4, 0.5) is 5.82 Å². The summed E-state index contributed by atoms with van der Waals surface area (Å²) in [4.78, 5) is 21.0. The molecular weight excluding hydrogens is 308 g/mol. The van der Waals surface area contributed by atoms with Crippen LogP contribution in [0.2, 0.25) is 0 Å². The molecule has 0 radical (unpaired) electrons. The van der Waals surface area contributed by atoms with E-state index in [2.05, 4.69) is 11.1 Å². The molecule has 0 bridgehead atoms. The van der Waals surface area contributed by atoms with Crippen LogP contribution in [0.15, 0.2) is 6.07 Å². The molecule has 7 nitrogen and oxygen atoms in total. The summed E-state index contributed by atoms with van der Waals surface area (Å²) in [5.74, 6) is 0.643. The number of nitriles is 1. The van der Waals surface area contributed by atoms with E-state index in [0.717, 1.165) is 11.3 Å². The molecule has 1 aromatic rings. The lowest BCUT2D eigenvalue weighted by Crippen LogP contribution is -2.53. The fourth-order valence-corrected chi connectivity index (χ4v) is 3.16. The van der Waals surface area contributed by atoms with Crippen molar-refractivity contribution >= 4 is 11.7 Å². The van der Waals surface area contributed by atoms with Crippen LogP contribution in [-0.2, 0) is 14.3 Å². The van der Waals surface area contributed by atoms with Gasteiger partial charge >= 0.3 is 0 Å².